The van der Waals surface area contributed by atoms with Crippen molar-refractivity contribution in [1.82, 2.24) is 0 Å². The Bertz CT molecular complexity index is 290. The molecule has 1 aromatic rings. The van der Waals surface area contributed by atoms with Gasteiger partial charge in [0, 0.05) is 0 Å². The molecule has 0 radical (unpaired) electrons. The predicted molar refractivity (Wildman–Crippen MR) is 41.1 cm³/mol. The second-order valence-electron chi connectivity index (χ2n) is 2.22. The summed E-state index contributed by atoms with van der Waals surface area (Å²) in [5, 5.41) is 0.703. The Kier molecular flexibility index (Phi) is 2.66. The molecule has 0 aliphatic carbocycles. The molecular weight excluding hydrogens is 210 g/mol. The highest BCUT2D eigenvalue weighted by Gasteiger charge is 2.29. The van der Waals surface area contributed by atoms with Gasteiger partial charge in [-0.05, 0) is 12.1 Å². The van der Waals surface area contributed by atoms with Crippen LogP contribution in [-0.4, -0.2) is 6.30 Å². The van der Waals surface area contributed by atoms with Crippen molar-refractivity contribution in [3.63, 3.8) is 0 Å². The monoisotopic (exact) mass is 213 g/mol. The highest BCUT2D eigenvalue weighted by atomic mass is 35.5. The van der Waals surface area contributed by atoms with Gasteiger partial charge in [-0.2, -0.15) is 13.2 Å². The molecular formula is C7H4ClF4N. The van der Waals surface area contributed by atoms with Gasteiger partial charge in [0.2, 0.25) is 0 Å². The molecule has 6 heteroatoms. The summed E-state index contributed by atoms with van der Waals surface area (Å²) in [6.07, 6.45) is -4.69. The molecule has 1 nitrogen and oxygen atoms in total. The number of hydrogen-bond donors (Lipinski definition) is 1. The van der Waals surface area contributed by atoms with Crippen LogP contribution >= 0.6 is 11.6 Å². The SMILES string of the molecule is Fc1cccc(Cl)c1NC(F)(F)F. The fourth-order valence-corrected chi connectivity index (χ4v) is 0.969. The average molecular weight is 214 g/mol. The van der Waals surface area contributed by atoms with Gasteiger partial charge >= 0.3 is 6.30 Å². The van der Waals surface area contributed by atoms with E-state index in [1.165, 1.54) is 12.1 Å². The minimum absolute atomic E-state index is 0.308. The van der Waals surface area contributed by atoms with Gasteiger partial charge in [-0.1, -0.05) is 17.7 Å². The number of nitrogens with one attached hydrogen (secondary N) is 1. The fraction of sp³-hybridized carbons (Fsp3) is 0.143. The van der Waals surface area contributed by atoms with Crippen molar-refractivity contribution in [3.8, 4) is 0 Å². The molecule has 0 aromatic heterocycles. The molecule has 72 valence electrons. The number of para-hydroxylation sites is 1. The molecule has 13 heavy (non-hydrogen) atoms. The van der Waals surface area contributed by atoms with E-state index in [0.717, 1.165) is 11.4 Å². The second kappa shape index (κ2) is 3.41. The first-order chi connectivity index (χ1) is 5.90. The van der Waals surface area contributed by atoms with Crippen molar-refractivity contribution < 1.29 is 17.6 Å². The molecule has 0 bridgehead atoms. The van der Waals surface area contributed by atoms with E-state index in [2.05, 4.69) is 0 Å². The average Bonchev–Trinajstić information content (AvgIpc) is 1.95. The summed E-state index contributed by atoms with van der Waals surface area (Å²) in [7, 11) is 0. The van der Waals surface area contributed by atoms with Crippen LogP contribution in [-0.2, 0) is 0 Å². The molecule has 0 unspecified atom stereocenters. The lowest BCUT2D eigenvalue weighted by atomic mass is 10.3. The number of rotatable bonds is 1. The van der Waals surface area contributed by atoms with Gasteiger partial charge in [-0.15, -0.1) is 0 Å². The van der Waals surface area contributed by atoms with E-state index in [-0.39, 0.29) is 5.02 Å². The highest BCUT2D eigenvalue weighted by molar-refractivity contribution is 6.33. The quantitative estimate of drug-likeness (QED) is 0.557. The molecule has 1 aromatic carbocycles. The van der Waals surface area contributed by atoms with Crippen LogP contribution in [0.3, 0.4) is 0 Å². The summed E-state index contributed by atoms with van der Waals surface area (Å²) >= 11 is 5.33. The van der Waals surface area contributed by atoms with Crippen LogP contribution in [0, 0.1) is 5.82 Å². The minimum Gasteiger partial charge on any atom is -0.293 e. The van der Waals surface area contributed by atoms with E-state index in [0.29, 0.717) is 0 Å². The summed E-state index contributed by atoms with van der Waals surface area (Å²) in [6, 6.07) is 3.28. The number of hydrogen-bond acceptors (Lipinski definition) is 1. The van der Waals surface area contributed by atoms with Gasteiger partial charge in [-0.25, -0.2) is 4.39 Å². The van der Waals surface area contributed by atoms with Gasteiger partial charge < -0.3 is 0 Å². The van der Waals surface area contributed by atoms with Crippen LogP contribution in [0.2, 0.25) is 5.02 Å². The largest absolute Gasteiger partial charge is 0.482 e. The Balaban J connectivity index is 3.00. The number of benzene rings is 1. The van der Waals surface area contributed by atoms with Crippen molar-refractivity contribution in [2.75, 3.05) is 5.32 Å². The Morgan fingerprint density at radius 2 is 1.85 bits per heavy atom. The molecule has 0 fully saturated rings. The van der Waals surface area contributed by atoms with Gasteiger partial charge in [0.25, 0.3) is 0 Å². The summed E-state index contributed by atoms with van der Waals surface area (Å²) in [6.45, 7) is 0. The van der Waals surface area contributed by atoms with Crippen LogP contribution in [0.1, 0.15) is 0 Å². The zero-order chi connectivity index (χ0) is 10.1. The summed E-state index contributed by atoms with van der Waals surface area (Å²) in [5.41, 5.74) is -0.753. The third kappa shape index (κ3) is 2.77. The molecule has 0 aliphatic rings. The van der Waals surface area contributed by atoms with Crippen LogP contribution in [0.5, 0.6) is 0 Å². The maximum atomic E-state index is 12.7. The molecule has 0 spiro atoms. The third-order valence-electron chi connectivity index (χ3n) is 1.23. The zero-order valence-corrected chi connectivity index (χ0v) is 6.88. The van der Waals surface area contributed by atoms with E-state index in [1.54, 1.807) is 0 Å². The van der Waals surface area contributed by atoms with Crippen molar-refractivity contribution in [2.24, 2.45) is 0 Å². The number of halogens is 5. The predicted octanol–water partition coefficient (Wildman–Crippen LogP) is 3.41. The molecule has 0 amide bonds. The Morgan fingerprint density at radius 1 is 1.23 bits per heavy atom. The van der Waals surface area contributed by atoms with Crippen LogP contribution in [0.15, 0.2) is 18.2 Å². The lowest BCUT2D eigenvalue weighted by Gasteiger charge is -2.11. The van der Waals surface area contributed by atoms with Crippen molar-refractivity contribution >= 4 is 17.3 Å². The zero-order valence-electron chi connectivity index (χ0n) is 6.12. The molecule has 1 rings (SSSR count). The van der Waals surface area contributed by atoms with Crippen molar-refractivity contribution in [1.29, 1.82) is 0 Å². The van der Waals surface area contributed by atoms with Gasteiger partial charge in [0.05, 0.1) is 10.7 Å². The van der Waals surface area contributed by atoms with E-state index >= 15 is 0 Å². The lowest BCUT2D eigenvalue weighted by molar-refractivity contribution is -0.100. The first-order valence-corrected chi connectivity index (χ1v) is 3.57. The molecule has 0 saturated heterocycles. The van der Waals surface area contributed by atoms with Crippen LogP contribution in [0.25, 0.3) is 0 Å². The molecule has 0 aliphatic heterocycles. The summed E-state index contributed by atoms with van der Waals surface area (Å²) in [4.78, 5) is 0. The Morgan fingerprint density at radius 3 is 2.31 bits per heavy atom. The first-order valence-electron chi connectivity index (χ1n) is 3.19. The fourth-order valence-electron chi connectivity index (χ4n) is 0.759. The van der Waals surface area contributed by atoms with Gasteiger partial charge in [0.1, 0.15) is 5.82 Å². The molecule has 0 saturated carbocycles. The summed E-state index contributed by atoms with van der Waals surface area (Å²) < 4.78 is 48.0. The van der Waals surface area contributed by atoms with E-state index < -0.39 is 17.8 Å². The van der Waals surface area contributed by atoms with Crippen LogP contribution < -0.4 is 5.32 Å². The third-order valence-corrected chi connectivity index (χ3v) is 1.54. The summed E-state index contributed by atoms with van der Waals surface area (Å²) in [5.74, 6) is -1.04. The van der Waals surface area contributed by atoms with Gasteiger partial charge in [-0.3, -0.25) is 5.32 Å². The standard InChI is InChI=1S/C7H4ClF4N/c8-4-2-1-3-5(9)6(4)13-7(10,11)12/h1-3,13H. The van der Waals surface area contributed by atoms with Crippen LogP contribution in [0.4, 0.5) is 23.2 Å². The van der Waals surface area contributed by atoms with Crippen molar-refractivity contribution in [3.05, 3.63) is 29.0 Å². The molecule has 0 atom stereocenters. The number of anilines is 1. The highest BCUT2D eigenvalue weighted by Crippen LogP contribution is 2.29. The molecule has 1 N–H and O–H groups in total. The Hall–Kier alpha value is -0.970. The smallest absolute Gasteiger partial charge is 0.293 e. The van der Waals surface area contributed by atoms with Crippen molar-refractivity contribution in [2.45, 2.75) is 6.30 Å². The normalized spacial score (nSPS) is 11.5. The second-order valence-corrected chi connectivity index (χ2v) is 2.63. The van der Waals surface area contributed by atoms with Gasteiger partial charge in [0.15, 0.2) is 0 Å². The first kappa shape index (κ1) is 10.1. The topological polar surface area (TPSA) is 12.0 Å². The Labute approximate surface area is 76.3 Å². The minimum atomic E-state index is -4.69. The maximum absolute atomic E-state index is 12.7. The van der Waals surface area contributed by atoms with E-state index in [9.17, 15) is 17.6 Å². The van der Waals surface area contributed by atoms with E-state index in [1.807, 2.05) is 0 Å². The molecule has 0 heterocycles. The number of alkyl halides is 3. The van der Waals surface area contributed by atoms with E-state index in [4.69, 9.17) is 11.6 Å². The maximum Gasteiger partial charge on any atom is 0.482 e. The lowest BCUT2D eigenvalue weighted by Crippen LogP contribution is -2.21.